The van der Waals surface area contributed by atoms with Gasteiger partial charge in [-0.2, -0.15) is 4.94 Å². The summed E-state index contributed by atoms with van der Waals surface area (Å²) < 4.78 is 12.0. The van der Waals surface area contributed by atoms with Crippen molar-refractivity contribution in [3.8, 4) is 0 Å². The van der Waals surface area contributed by atoms with Crippen LogP contribution >= 0.6 is 0 Å². The first-order valence-electron chi connectivity index (χ1n) is 13.9. The van der Waals surface area contributed by atoms with Crippen LogP contribution in [0, 0.1) is 34.5 Å². The molecule has 6 nitrogen and oxygen atoms in total. The molecule has 0 aromatic heterocycles. The zero-order chi connectivity index (χ0) is 25.0. The van der Waals surface area contributed by atoms with Gasteiger partial charge in [-0.05, 0) is 117 Å². The lowest BCUT2D eigenvalue weighted by Crippen LogP contribution is -2.60. The highest BCUT2D eigenvalue weighted by molar-refractivity contribution is 5.95. The van der Waals surface area contributed by atoms with Crippen LogP contribution in [0.4, 0.5) is 4.53 Å². The van der Waals surface area contributed by atoms with Crippen molar-refractivity contribution in [3.05, 3.63) is 11.6 Å². The van der Waals surface area contributed by atoms with Gasteiger partial charge in [0.1, 0.15) is 0 Å². The summed E-state index contributed by atoms with van der Waals surface area (Å²) in [7, 11) is 0. The monoisotopic (exact) mass is 493 g/mol. The summed E-state index contributed by atoms with van der Waals surface area (Å²) in [5, 5.41) is 33.9. The molecule has 7 heteroatoms. The van der Waals surface area contributed by atoms with Gasteiger partial charge in [0.15, 0.2) is 5.78 Å². The zero-order valence-electron chi connectivity index (χ0n) is 21.4. The SMILES string of the molecule is CC12CCC3C(=CC(=O)C4CC(O)CC[C@@]43C)[C@]1(O)CCC2C(O)CN1CCC(CCOF)CC1. The highest BCUT2D eigenvalue weighted by Gasteiger charge is 2.66. The molecule has 0 spiro atoms. The van der Waals surface area contributed by atoms with Crippen LogP contribution in [0.15, 0.2) is 11.6 Å². The predicted octanol–water partition coefficient (Wildman–Crippen LogP) is 3.58. The Hall–Kier alpha value is -0.860. The van der Waals surface area contributed by atoms with Gasteiger partial charge in [0, 0.05) is 17.9 Å². The molecule has 3 N–H and O–H groups in total. The number of piperidine rings is 1. The van der Waals surface area contributed by atoms with E-state index in [4.69, 9.17) is 0 Å². The maximum atomic E-state index is 13.3. The van der Waals surface area contributed by atoms with Gasteiger partial charge in [-0.1, -0.05) is 13.8 Å². The zero-order valence-corrected chi connectivity index (χ0v) is 21.4. The molecule has 0 aromatic carbocycles. The van der Waals surface area contributed by atoms with E-state index in [0.29, 0.717) is 25.3 Å². The predicted molar refractivity (Wildman–Crippen MR) is 130 cm³/mol. The number of hydrogen-bond acceptors (Lipinski definition) is 6. The Bertz CT molecular complexity index is 843. The second-order valence-electron chi connectivity index (χ2n) is 12.9. The maximum Gasteiger partial charge on any atom is 0.159 e. The third kappa shape index (κ3) is 4.14. The fraction of sp³-hybridized carbons (Fsp3) is 0.893. The smallest absolute Gasteiger partial charge is 0.159 e. The van der Waals surface area contributed by atoms with Gasteiger partial charge in [0.05, 0.1) is 24.4 Å². The van der Waals surface area contributed by atoms with Crippen LogP contribution in [0.3, 0.4) is 0 Å². The molecule has 0 aromatic rings. The minimum Gasteiger partial charge on any atom is -0.393 e. The Labute approximate surface area is 208 Å². The highest BCUT2D eigenvalue weighted by atomic mass is 19.3. The summed E-state index contributed by atoms with van der Waals surface area (Å²) in [6.07, 6.45) is 8.74. The van der Waals surface area contributed by atoms with E-state index in [1.54, 1.807) is 6.08 Å². The molecule has 0 radical (unpaired) electrons. The number of allylic oxidation sites excluding steroid dienone is 1. The third-order valence-corrected chi connectivity index (χ3v) is 11.4. The topological polar surface area (TPSA) is 90.2 Å². The summed E-state index contributed by atoms with van der Waals surface area (Å²) in [6, 6.07) is 0. The summed E-state index contributed by atoms with van der Waals surface area (Å²) >= 11 is 0. The van der Waals surface area contributed by atoms with E-state index in [1.807, 2.05) is 0 Å². The van der Waals surface area contributed by atoms with Crippen molar-refractivity contribution in [2.45, 2.75) is 95.9 Å². The van der Waals surface area contributed by atoms with Crippen LogP contribution in [0.5, 0.6) is 0 Å². The third-order valence-electron chi connectivity index (χ3n) is 11.4. The van der Waals surface area contributed by atoms with E-state index >= 15 is 0 Å². The van der Waals surface area contributed by atoms with Crippen molar-refractivity contribution in [2.24, 2.45) is 34.5 Å². The van der Waals surface area contributed by atoms with Gasteiger partial charge in [0.2, 0.25) is 0 Å². The molecule has 1 saturated heterocycles. The number of nitrogens with zero attached hydrogens (tertiary/aromatic N) is 1. The molecular formula is C28H44FNO5. The molecule has 4 aliphatic carbocycles. The van der Waals surface area contributed by atoms with Crippen molar-refractivity contribution in [1.82, 2.24) is 4.90 Å². The largest absolute Gasteiger partial charge is 0.393 e. The van der Waals surface area contributed by atoms with Crippen LogP contribution in [-0.4, -0.2) is 70.1 Å². The Morgan fingerprint density at radius 1 is 1.11 bits per heavy atom. The van der Waals surface area contributed by atoms with E-state index in [2.05, 4.69) is 23.7 Å². The van der Waals surface area contributed by atoms with Crippen molar-refractivity contribution >= 4 is 5.78 Å². The Morgan fingerprint density at radius 2 is 1.86 bits per heavy atom. The summed E-state index contributed by atoms with van der Waals surface area (Å²) in [5.41, 5.74) is -0.799. The van der Waals surface area contributed by atoms with Crippen molar-refractivity contribution in [1.29, 1.82) is 0 Å². The minimum absolute atomic E-state index is 0.0131. The molecule has 198 valence electrons. The number of hydrogen-bond donors (Lipinski definition) is 3. The number of β-amino-alcohol motifs (C(OH)–C–C–N with tert-alkyl or cyclic N) is 1. The van der Waals surface area contributed by atoms with E-state index in [9.17, 15) is 24.6 Å². The number of likely N-dealkylation sites (tertiary alicyclic amines) is 1. The van der Waals surface area contributed by atoms with Gasteiger partial charge in [-0.25, -0.2) is 0 Å². The van der Waals surface area contributed by atoms with Gasteiger partial charge >= 0.3 is 0 Å². The number of ketones is 1. The average Bonchev–Trinajstić information content (AvgIpc) is 3.11. The van der Waals surface area contributed by atoms with E-state index < -0.39 is 23.2 Å². The van der Waals surface area contributed by atoms with Crippen molar-refractivity contribution < 1.29 is 29.6 Å². The van der Waals surface area contributed by atoms with Crippen LogP contribution in [0.2, 0.25) is 0 Å². The molecule has 6 unspecified atom stereocenters. The first kappa shape index (κ1) is 25.8. The quantitative estimate of drug-likeness (QED) is 0.524. The fourth-order valence-electron chi connectivity index (χ4n) is 9.04. The molecule has 5 aliphatic rings. The van der Waals surface area contributed by atoms with Crippen LogP contribution in [0.25, 0.3) is 0 Å². The number of aliphatic hydroxyl groups is 3. The number of carbonyl (C=O) groups is 1. The Kier molecular flexibility index (Phi) is 6.97. The molecule has 3 saturated carbocycles. The van der Waals surface area contributed by atoms with Crippen LogP contribution < -0.4 is 0 Å². The van der Waals surface area contributed by atoms with Gasteiger partial charge in [-0.15, -0.1) is 0 Å². The molecule has 1 heterocycles. The van der Waals surface area contributed by atoms with Crippen LogP contribution in [-0.2, 0) is 9.74 Å². The average molecular weight is 494 g/mol. The Balaban J connectivity index is 1.30. The first-order chi connectivity index (χ1) is 16.6. The fourth-order valence-corrected chi connectivity index (χ4v) is 9.04. The minimum atomic E-state index is -1.05. The van der Waals surface area contributed by atoms with Crippen molar-refractivity contribution in [3.63, 3.8) is 0 Å². The molecule has 0 bridgehead atoms. The molecule has 4 fully saturated rings. The lowest BCUT2D eigenvalue weighted by Gasteiger charge is -2.59. The van der Waals surface area contributed by atoms with Gasteiger partial charge in [-0.3, -0.25) is 4.79 Å². The normalized spacial score (nSPS) is 45.4. The first-order valence-corrected chi connectivity index (χ1v) is 13.9. The molecule has 0 amide bonds. The molecule has 1 aliphatic heterocycles. The number of aliphatic hydroxyl groups excluding tert-OH is 2. The molecule has 35 heavy (non-hydrogen) atoms. The second kappa shape index (κ2) is 9.46. The molecule has 8 atom stereocenters. The van der Waals surface area contributed by atoms with Gasteiger partial charge in [0.25, 0.3) is 0 Å². The highest BCUT2D eigenvalue weighted by Crippen LogP contribution is 2.67. The summed E-state index contributed by atoms with van der Waals surface area (Å²) in [4.78, 5) is 19.3. The Morgan fingerprint density at radius 3 is 2.57 bits per heavy atom. The summed E-state index contributed by atoms with van der Waals surface area (Å²) in [6.45, 7) is 6.89. The van der Waals surface area contributed by atoms with E-state index in [0.717, 1.165) is 70.0 Å². The lowest BCUT2D eigenvalue weighted by molar-refractivity contribution is -0.143. The van der Waals surface area contributed by atoms with Gasteiger partial charge < -0.3 is 20.2 Å². The molecule has 5 rings (SSSR count). The molecular weight excluding hydrogens is 449 g/mol. The van der Waals surface area contributed by atoms with E-state index in [1.165, 1.54) is 0 Å². The number of carbonyl (C=O) groups excluding carboxylic acids is 1. The summed E-state index contributed by atoms with van der Waals surface area (Å²) in [5.74, 6) is 0.542. The second-order valence-corrected chi connectivity index (χ2v) is 12.9. The standard InChI is InChI=1S/C28H44FNO5/c1-26-9-3-19(31)15-23(26)24(32)16-22-20(26)4-10-27(2)21(5-11-28(22,27)34)25(33)17-30-12-6-18(7-13-30)8-14-35-29/h16,18-21,23,25,31,33-34H,3-15,17H2,1-2H3/t19?,20?,21?,23?,25?,26-,27?,28-/m1/s1. The van der Waals surface area contributed by atoms with Crippen molar-refractivity contribution in [2.75, 3.05) is 26.2 Å². The number of fused-ring (bicyclic) bond motifs is 5. The lowest BCUT2D eigenvalue weighted by atomic mass is 9.46. The number of rotatable bonds is 6. The number of halogens is 1. The van der Waals surface area contributed by atoms with Crippen LogP contribution in [0.1, 0.15) is 78.1 Å². The maximum absolute atomic E-state index is 13.3. The van der Waals surface area contributed by atoms with E-state index in [-0.39, 0.29) is 35.6 Å².